The largest absolute Gasteiger partial charge is 0.389 e. The average Bonchev–Trinajstić information content (AvgIpc) is 2.14. The molecule has 2 unspecified atom stereocenters. The van der Waals surface area contributed by atoms with Crippen molar-refractivity contribution in [3.63, 3.8) is 0 Å². The van der Waals surface area contributed by atoms with Crippen LogP contribution < -0.4 is 5.73 Å². The first-order valence-corrected chi connectivity index (χ1v) is 5.65. The van der Waals surface area contributed by atoms with Crippen molar-refractivity contribution in [2.45, 2.75) is 12.2 Å². The van der Waals surface area contributed by atoms with Crippen molar-refractivity contribution in [3.8, 4) is 0 Å². The van der Waals surface area contributed by atoms with E-state index in [2.05, 4.69) is 31.9 Å². The maximum absolute atomic E-state index is 9.67. The van der Waals surface area contributed by atoms with E-state index in [9.17, 15) is 10.2 Å². The lowest BCUT2D eigenvalue weighted by atomic mass is 10.1. The molecule has 0 aliphatic rings. The van der Waals surface area contributed by atoms with Crippen LogP contribution in [0.5, 0.6) is 0 Å². The second-order valence-electron chi connectivity index (χ2n) is 2.95. The molecule has 0 bridgehead atoms. The van der Waals surface area contributed by atoms with E-state index in [4.69, 9.17) is 5.73 Å². The first kappa shape index (κ1) is 12.1. The van der Waals surface area contributed by atoms with E-state index in [1.165, 1.54) is 0 Å². The molecule has 0 saturated carbocycles. The van der Waals surface area contributed by atoms with Crippen molar-refractivity contribution >= 4 is 31.9 Å². The summed E-state index contributed by atoms with van der Waals surface area (Å²) in [6.07, 6.45) is -1.88. The summed E-state index contributed by atoms with van der Waals surface area (Å²) in [5, 5.41) is 19.0. The van der Waals surface area contributed by atoms with Crippen molar-refractivity contribution in [1.82, 2.24) is 0 Å². The number of nitrogens with two attached hydrogens (primary N) is 1. The van der Waals surface area contributed by atoms with Crippen LogP contribution in [0.1, 0.15) is 11.7 Å². The smallest absolute Gasteiger partial charge is 0.106 e. The molecular formula is C9H11Br2NO2. The molecule has 0 aliphatic carbocycles. The summed E-state index contributed by atoms with van der Waals surface area (Å²) in [6, 6.07) is 5.34. The van der Waals surface area contributed by atoms with Gasteiger partial charge in [0.2, 0.25) is 0 Å². The topological polar surface area (TPSA) is 66.5 Å². The maximum atomic E-state index is 9.67. The van der Waals surface area contributed by atoms with Gasteiger partial charge in [0, 0.05) is 15.5 Å². The Hall–Kier alpha value is 0.0600. The van der Waals surface area contributed by atoms with Crippen LogP contribution in [0.25, 0.3) is 0 Å². The van der Waals surface area contributed by atoms with E-state index in [0.717, 1.165) is 8.95 Å². The van der Waals surface area contributed by atoms with Crippen molar-refractivity contribution in [3.05, 3.63) is 32.7 Å². The van der Waals surface area contributed by atoms with Gasteiger partial charge in [0.1, 0.15) is 6.10 Å². The van der Waals surface area contributed by atoms with Gasteiger partial charge in [-0.1, -0.05) is 31.9 Å². The van der Waals surface area contributed by atoms with Crippen LogP contribution in [-0.4, -0.2) is 22.9 Å². The Balaban J connectivity index is 2.94. The number of aliphatic hydroxyl groups is 2. The highest BCUT2D eigenvalue weighted by atomic mass is 79.9. The summed E-state index contributed by atoms with van der Waals surface area (Å²) in [6.45, 7) is 0.0330. The van der Waals surface area contributed by atoms with Gasteiger partial charge in [-0.2, -0.15) is 0 Å². The number of benzene rings is 1. The van der Waals surface area contributed by atoms with E-state index < -0.39 is 12.2 Å². The van der Waals surface area contributed by atoms with Gasteiger partial charge >= 0.3 is 0 Å². The molecule has 3 nitrogen and oxygen atoms in total. The van der Waals surface area contributed by atoms with Gasteiger partial charge in [0.15, 0.2) is 0 Å². The van der Waals surface area contributed by atoms with E-state index in [1.807, 2.05) is 6.07 Å². The molecule has 0 radical (unpaired) electrons. The first-order valence-electron chi connectivity index (χ1n) is 4.06. The zero-order chi connectivity index (χ0) is 10.7. The summed E-state index contributed by atoms with van der Waals surface area (Å²) in [5.74, 6) is 0. The number of rotatable bonds is 3. The second kappa shape index (κ2) is 5.23. The molecule has 1 aromatic carbocycles. The lowest BCUT2D eigenvalue weighted by Crippen LogP contribution is -2.27. The molecule has 0 aromatic heterocycles. The van der Waals surface area contributed by atoms with Crippen LogP contribution >= 0.6 is 31.9 Å². The summed E-state index contributed by atoms with van der Waals surface area (Å²) < 4.78 is 1.68. The molecule has 0 amide bonds. The van der Waals surface area contributed by atoms with Crippen LogP contribution in [0.4, 0.5) is 0 Å². The molecule has 2 atom stereocenters. The summed E-state index contributed by atoms with van der Waals surface area (Å²) in [4.78, 5) is 0. The molecule has 0 fully saturated rings. The van der Waals surface area contributed by atoms with Crippen LogP contribution in [0.2, 0.25) is 0 Å². The highest BCUT2D eigenvalue weighted by Crippen LogP contribution is 2.25. The van der Waals surface area contributed by atoms with E-state index in [1.54, 1.807) is 12.1 Å². The molecule has 0 spiro atoms. The Morgan fingerprint density at radius 3 is 2.07 bits per heavy atom. The minimum Gasteiger partial charge on any atom is -0.389 e. The summed E-state index contributed by atoms with van der Waals surface area (Å²) in [5.41, 5.74) is 5.88. The molecule has 0 saturated heterocycles. The molecule has 1 rings (SSSR count). The monoisotopic (exact) mass is 323 g/mol. The highest BCUT2D eigenvalue weighted by Gasteiger charge is 2.17. The van der Waals surface area contributed by atoms with E-state index in [-0.39, 0.29) is 6.54 Å². The molecule has 1 aromatic rings. The molecule has 0 aliphatic heterocycles. The Morgan fingerprint density at radius 2 is 1.64 bits per heavy atom. The van der Waals surface area contributed by atoms with Gasteiger partial charge in [-0.25, -0.2) is 0 Å². The fourth-order valence-electron chi connectivity index (χ4n) is 1.10. The Bertz CT molecular complexity index is 299. The third-order valence-corrected chi connectivity index (χ3v) is 2.75. The molecular weight excluding hydrogens is 314 g/mol. The molecule has 0 heterocycles. The predicted molar refractivity (Wildman–Crippen MR) is 61.9 cm³/mol. The molecule has 5 heteroatoms. The Kier molecular flexibility index (Phi) is 4.53. The zero-order valence-corrected chi connectivity index (χ0v) is 10.5. The van der Waals surface area contributed by atoms with Crippen LogP contribution in [0.3, 0.4) is 0 Å². The fourth-order valence-corrected chi connectivity index (χ4v) is 2.43. The minimum absolute atomic E-state index is 0.0330. The third kappa shape index (κ3) is 3.03. The van der Waals surface area contributed by atoms with Gasteiger partial charge in [0.05, 0.1) is 6.10 Å². The summed E-state index contributed by atoms with van der Waals surface area (Å²) >= 11 is 6.60. The standard InChI is InChI=1S/C9H11Br2NO2/c10-6-1-5(2-7(11)3-6)9(14)8(13)4-12/h1-3,8-9,13-14H,4,12H2. The van der Waals surface area contributed by atoms with Crippen LogP contribution in [-0.2, 0) is 0 Å². The normalized spacial score (nSPS) is 15.2. The number of hydrogen-bond acceptors (Lipinski definition) is 3. The minimum atomic E-state index is -0.950. The number of hydrogen-bond donors (Lipinski definition) is 3. The third-order valence-electron chi connectivity index (χ3n) is 1.83. The van der Waals surface area contributed by atoms with Crippen molar-refractivity contribution < 1.29 is 10.2 Å². The number of aliphatic hydroxyl groups excluding tert-OH is 2. The quantitative estimate of drug-likeness (QED) is 0.790. The maximum Gasteiger partial charge on any atom is 0.106 e. The molecule has 14 heavy (non-hydrogen) atoms. The van der Waals surface area contributed by atoms with Gasteiger partial charge in [-0.05, 0) is 23.8 Å². The van der Waals surface area contributed by atoms with Gasteiger partial charge < -0.3 is 15.9 Å². The van der Waals surface area contributed by atoms with Crippen molar-refractivity contribution in [1.29, 1.82) is 0 Å². The van der Waals surface area contributed by atoms with Gasteiger partial charge in [0.25, 0.3) is 0 Å². The van der Waals surface area contributed by atoms with E-state index >= 15 is 0 Å². The SMILES string of the molecule is NCC(O)C(O)c1cc(Br)cc(Br)c1. The van der Waals surface area contributed by atoms with E-state index in [0.29, 0.717) is 5.56 Å². The highest BCUT2D eigenvalue weighted by molar-refractivity contribution is 9.11. The average molecular weight is 325 g/mol. The van der Waals surface area contributed by atoms with Gasteiger partial charge in [-0.3, -0.25) is 0 Å². The summed E-state index contributed by atoms with van der Waals surface area (Å²) in [7, 11) is 0. The predicted octanol–water partition coefficient (Wildman–Crippen LogP) is 1.56. The lowest BCUT2D eigenvalue weighted by molar-refractivity contribution is 0.0243. The molecule has 4 N–H and O–H groups in total. The van der Waals surface area contributed by atoms with Crippen LogP contribution in [0, 0.1) is 0 Å². The fraction of sp³-hybridized carbons (Fsp3) is 0.333. The lowest BCUT2D eigenvalue weighted by Gasteiger charge is -2.16. The van der Waals surface area contributed by atoms with Crippen molar-refractivity contribution in [2.24, 2.45) is 5.73 Å². The first-order chi connectivity index (χ1) is 6.54. The number of halogens is 2. The van der Waals surface area contributed by atoms with Gasteiger partial charge in [-0.15, -0.1) is 0 Å². The Labute approximate surface area is 99.2 Å². The van der Waals surface area contributed by atoms with Crippen LogP contribution in [0.15, 0.2) is 27.1 Å². The Morgan fingerprint density at radius 1 is 1.14 bits per heavy atom. The zero-order valence-electron chi connectivity index (χ0n) is 7.32. The second-order valence-corrected chi connectivity index (χ2v) is 4.78. The molecule has 78 valence electrons. The van der Waals surface area contributed by atoms with Crippen molar-refractivity contribution in [2.75, 3.05) is 6.54 Å².